The van der Waals surface area contributed by atoms with Crippen molar-refractivity contribution in [3.05, 3.63) is 63.9 Å². The van der Waals surface area contributed by atoms with Crippen molar-refractivity contribution >= 4 is 29.2 Å². The van der Waals surface area contributed by atoms with Gasteiger partial charge in [0.05, 0.1) is 6.54 Å². The Balaban J connectivity index is 1.94. The highest BCUT2D eigenvalue weighted by atomic mass is 35.5. The molecule has 0 aliphatic carbocycles. The Morgan fingerprint density at radius 3 is 2.41 bits per heavy atom. The molecule has 2 N–H and O–H groups in total. The van der Waals surface area contributed by atoms with E-state index in [0.29, 0.717) is 18.2 Å². The van der Waals surface area contributed by atoms with E-state index in [1.165, 1.54) is 0 Å². The van der Waals surface area contributed by atoms with E-state index in [9.17, 15) is 0 Å². The number of hydrogen-bond donors (Lipinski definition) is 2. The summed E-state index contributed by atoms with van der Waals surface area (Å²) in [6, 6.07) is 11.4. The number of nitrogens with zero attached hydrogens (tertiary/aromatic N) is 2. The Morgan fingerprint density at radius 1 is 1.05 bits per heavy atom. The minimum absolute atomic E-state index is 0.487. The van der Waals surface area contributed by atoms with Gasteiger partial charge < -0.3 is 10.6 Å². The molecule has 0 radical (unpaired) electrons. The van der Waals surface area contributed by atoms with Gasteiger partial charge in [-0.05, 0) is 36.2 Å². The van der Waals surface area contributed by atoms with E-state index in [-0.39, 0.29) is 0 Å². The van der Waals surface area contributed by atoms with Crippen LogP contribution in [0.25, 0.3) is 0 Å². The fourth-order valence-electron chi connectivity index (χ4n) is 1.80. The summed E-state index contributed by atoms with van der Waals surface area (Å²) in [5, 5.41) is 7.72. The molecule has 0 aliphatic heterocycles. The molecule has 0 saturated carbocycles. The summed E-state index contributed by atoms with van der Waals surface area (Å²) in [7, 11) is 0. The van der Waals surface area contributed by atoms with Gasteiger partial charge in [0, 0.05) is 24.3 Å². The second-order valence-corrected chi connectivity index (χ2v) is 5.49. The van der Waals surface area contributed by atoms with Crippen molar-refractivity contribution in [1.29, 1.82) is 0 Å². The molecule has 1 aromatic heterocycles. The van der Waals surface area contributed by atoms with Crippen LogP contribution in [0.15, 0.2) is 47.6 Å². The van der Waals surface area contributed by atoms with Crippen molar-refractivity contribution < 1.29 is 0 Å². The maximum atomic E-state index is 5.88. The lowest BCUT2D eigenvalue weighted by Crippen LogP contribution is -2.36. The SMILES string of the molecule is CCNC(=NCc1ccc(Cl)nc1)NCc1ccc(Cl)cc1. The quantitative estimate of drug-likeness (QED) is 0.497. The van der Waals surface area contributed by atoms with Crippen LogP contribution in [0.5, 0.6) is 0 Å². The Kier molecular flexibility index (Phi) is 6.49. The number of hydrogen-bond acceptors (Lipinski definition) is 2. The van der Waals surface area contributed by atoms with Crippen LogP contribution >= 0.6 is 23.2 Å². The van der Waals surface area contributed by atoms with Crippen LogP contribution in [-0.4, -0.2) is 17.5 Å². The van der Waals surface area contributed by atoms with Crippen LogP contribution in [0, 0.1) is 0 Å². The van der Waals surface area contributed by atoms with Crippen molar-refractivity contribution in [2.75, 3.05) is 6.54 Å². The van der Waals surface area contributed by atoms with Crippen LogP contribution in [0.1, 0.15) is 18.1 Å². The number of rotatable bonds is 5. The van der Waals surface area contributed by atoms with Crippen molar-refractivity contribution in [2.45, 2.75) is 20.0 Å². The summed E-state index contributed by atoms with van der Waals surface area (Å²) in [4.78, 5) is 8.58. The zero-order valence-electron chi connectivity index (χ0n) is 12.3. The molecular weight excluding hydrogens is 319 g/mol. The van der Waals surface area contributed by atoms with E-state index < -0.39 is 0 Å². The number of pyridine rings is 1. The molecule has 2 rings (SSSR count). The lowest BCUT2D eigenvalue weighted by atomic mass is 10.2. The van der Waals surface area contributed by atoms with Gasteiger partial charge in [0.2, 0.25) is 0 Å². The summed E-state index contributed by atoms with van der Waals surface area (Å²) in [6.45, 7) is 4.05. The van der Waals surface area contributed by atoms with Gasteiger partial charge in [0.1, 0.15) is 5.15 Å². The highest BCUT2D eigenvalue weighted by Gasteiger charge is 1.99. The normalized spacial score (nSPS) is 11.3. The summed E-state index contributed by atoms with van der Waals surface area (Å²) in [6.07, 6.45) is 1.73. The second-order valence-electron chi connectivity index (χ2n) is 4.66. The van der Waals surface area contributed by atoms with Crippen molar-refractivity contribution in [2.24, 2.45) is 4.99 Å². The largest absolute Gasteiger partial charge is 0.357 e. The average molecular weight is 337 g/mol. The number of aliphatic imine (C=N–C) groups is 1. The first-order chi connectivity index (χ1) is 10.7. The van der Waals surface area contributed by atoms with E-state index in [0.717, 1.165) is 28.7 Å². The highest BCUT2D eigenvalue weighted by Crippen LogP contribution is 2.09. The molecule has 0 atom stereocenters. The summed E-state index contributed by atoms with van der Waals surface area (Å²) in [5.41, 5.74) is 2.15. The molecular formula is C16H18Cl2N4. The third kappa shape index (κ3) is 5.54. The summed E-state index contributed by atoms with van der Waals surface area (Å²) >= 11 is 11.7. The molecule has 0 saturated heterocycles. The minimum atomic E-state index is 0.487. The topological polar surface area (TPSA) is 49.3 Å². The highest BCUT2D eigenvalue weighted by molar-refractivity contribution is 6.30. The minimum Gasteiger partial charge on any atom is -0.357 e. The molecule has 116 valence electrons. The molecule has 0 aliphatic rings. The van der Waals surface area contributed by atoms with E-state index in [1.807, 2.05) is 37.3 Å². The maximum Gasteiger partial charge on any atom is 0.191 e. The average Bonchev–Trinajstić information content (AvgIpc) is 2.53. The van der Waals surface area contributed by atoms with Gasteiger partial charge >= 0.3 is 0 Å². The van der Waals surface area contributed by atoms with Gasteiger partial charge in [-0.2, -0.15) is 0 Å². The lowest BCUT2D eigenvalue weighted by Gasteiger charge is -2.11. The Hall–Kier alpha value is -1.78. The first kappa shape index (κ1) is 16.6. The zero-order chi connectivity index (χ0) is 15.8. The Morgan fingerprint density at radius 2 is 1.77 bits per heavy atom. The van der Waals surface area contributed by atoms with Gasteiger partial charge in [-0.1, -0.05) is 41.4 Å². The number of halogens is 2. The predicted octanol–water partition coefficient (Wildman–Crippen LogP) is 3.64. The number of benzene rings is 1. The van der Waals surface area contributed by atoms with Gasteiger partial charge in [-0.25, -0.2) is 9.98 Å². The van der Waals surface area contributed by atoms with E-state index >= 15 is 0 Å². The molecule has 0 fully saturated rings. The molecule has 6 heteroatoms. The maximum absolute atomic E-state index is 5.88. The lowest BCUT2D eigenvalue weighted by molar-refractivity contribution is 0.815. The predicted molar refractivity (Wildman–Crippen MR) is 92.4 cm³/mol. The third-order valence-electron chi connectivity index (χ3n) is 2.93. The van der Waals surface area contributed by atoms with Crippen LogP contribution in [0.2, 0.25) is 10.2 Å². The molecule has 0 amide bonds. The molecule has 1 heterocycles. The zero-order valence-corrected chi connectivity index (χ0v) is 13.8. The Bertz CT molecular complexity index is 609. The first-order valence-corrected chi connectivity index (χ1v) is 7.80. The third-order valence-corrected chi connectivity index (χ3v) is 3.40. The standard InChI is InChI=1S/C16H18Cl2N4/c1-2-19-16(21-9-12-3-6-14(17)7-4-12)22-11-13-5-8-15(18)20-10-13/h3-8,10H,2,9,11H2,1H3,(H2,19,21,22). The number of nitrogens with one attached hydrogen (secondary N) is 2. The second kappa shape index (κ2) is 8.61. The van der Waals surface area contributed by atoms with Crippen LogP contribution in [0.4, 0.5) is 0 Å². The monoisotopic (exact) mass is 336 g/mol. The van der Waals surface area contributed by atoms with Crippen molar-refractivity contribution in [3.63, 3.8) is 0 Å². The van der Waals surface area contributed by atoms with Gasteiger partial charge in [0.15, 0.2) is 5.96 Å². The number of guanidine groups is 1. The molecule has 22 heavy (non-hydrogen) atoms. The fraction of sp³-hybridized carbons (Fsp3) is 0.250. The summed E-state index contributed by atoms with van der Waals surface area (Å²) < 4.78 is 0. The van der Waals surface area contributed by atoms with Crippen LogP contribution in [-0.2, 0) is 13.1 Å². The summed E-state index contributed by atoms with van der Waals surface area (Å²) in [5.74, 6) is 0.757. The van der Waals surface area contributed by atoms with Gasteiger partial charge in [-0.3, -0.25) is 0 Å². The van der Waals surface area contributed by atoms with Crippen LogP contribution < -0.4 is 10.6 Å². The smallest absolute Gasteiger partial charge is 0.191 e. The molecule has 2 aromatic rings. The molecule has 4 nitrogen and oxygen atoms in total. The van der Waals surface area contributed by atoms with E-state index in [2.05, 4.69) is 20.6 Å². The Labute approximate surface area is 140 Å². The number of aromatic nitrogens is 1. The van der Waals surface area contributed by atoms with Gasteiger partial charge in [-0.15, -0.1) is 0 Å². The van der Waals surface area contributed by atoms with E-state index in [1.54, 1.807) is 12.3 Å². The first-order valence-electron chi connectivity index (χ1n) is 7.04. The van der Waals surface area contributed by atoms with Crippen molar-refractivity contribution in [1.82, 2.24) is 15.6 Å². The fourth-order valence-corrected chi connectivity index (χ4v) is 2.04. The van der Waals surface area contributed by atoms with Crippen LogP contribution in [0.3, 0.4) is 0 Å². The van der Waals surface area contributed by atoms with Gasteiger partial charge in [0.25, 0.3) is 0 Å². The molecule has 0 bridgehead atoms. The van der Waals surface area contributed by atoms with Crippen molar-refractivity contribution in [3.8, 4) is 0 Å². The molecule has 0 unspecified atom stereocenters. The van der Waals surface area contributed by atoms with E-state index in [4.69, 9.17) is 23.2 Å². The molecule has 0 spiro atoms. The molecule has 1 aromatic carbocycles.